The van der Waals surface area contributed by atoms with E-state index in [0.29, 0.717) is 44.8 Å². The van der Waals surface area contributed by atoms with Crippen molar-refractivity contribution < 1.29 is 14.3 Å². The zero-order valence-electron chi connectivity index (χ0n) is 19.6. The third-order valence-corrected chi connectivity index (χ3v) is 7.33. The molecule has 0 bridgehead atoms. The third-order valence-electron chi connectivity index (χ3n) is 5.23. The van der Waals surface area contributed by atoms with Crippen LogP contribution in [-0.4, -0.2) is 29.6 Å². The van der Waals surface area contributed by atoms with Gasteiger partial charge >= 0.3 is 0 Å². The van der Waals surface area contributed by atoms with Crippen LogP contribution in [0.4, 0.5) is 5.69 Å². The first-order valence-electron chi connectivity index (χ1n) is 11.2. The lowest BCUT2D eigenvalue weighted by Crippen LogP contribution is -2.29. The average Bonchev–Trinajstić information content (AvgIpc) is 3.14. The Morgan fingerprint density at radius 3 is 2.36 bits per heavy atom. The molecule has 1 saturated heterocycles. The summed E-state index contributed by atoms with van der Waals surface area (Å²) in [6.45, 7) is 2.97. The van der Waals surface area contributed by atoms with Gasteiger partial charge in [-0.3, -0.25) is 9.69 Å². The molecule has 0 saturated carbocycles. The van der Waals surface area contributed by atoms with Crippen LogP contribution in [0.15, 0.2) is 75.0 Å². The first kappa shape index (κ1) is 26.6. The number of nitrogens with zero attached hydrogens (tertiary/aromatic N) is 2. The second-order valence-corrected chi connectivity index (χ2v) is 10.6. The summed E-state index contributed by atoms with van der Waals surface area (Å²) >= 11 is 16.9. The summed E-state index contributed by atoms with van der Waals surface area (Å²) in [6.07, 6.45) is 2.66. The van der Waals surface area contributed by atoms with Crippen LogP contribution >= 0.6 is 50.9 Å². The van der Waals surface area contributed by atoms with Crippen molar-refractivity contribution in [3.05, 3.63) is 91.2 Å². The molecule has 1 aliphatic heterocycles. The van der Waals surface area contributed by atoms with Crippen LogP contribution in [0.1, 0.15) is 24.5 Å². The predicted molar refractivity (Wildman–Crippen MR) is 153 cm³/mol. The highest BCUT2D eigenvalue weighted by Crippen LogP contribution is 2.40. The van der Waals surface area contributed by atoms with Gasteiger partial charge in [0.25, 0.3) is 5.91 Å². The normalized spacial score (nSPS) is 15.7. The first-order chi connectivity index (χ1) is 17.4. The minimum absolute atomic E-state index is 0.0762. The van der Waals surface area contributed by atoms with Crippen molar-refractivity contribution in [3.8, 4) is 11.5 Å². The maximum atomic E-state index is 13.2. The van der Waals surface area contributed by atoms with Gasteiger partial charge in [-0.2, -0.15) is 0 Å². The second-order valence-electron chi connectivity index (χ2n) is 7.89. The number of rotatable bonds is 8. The van der Waals surface area contributed by atoms with E-state index in [2.05, 4.69) is 20.9 Å². The number of carbonyl (C=O) groups excluding carboxylic acids is 1. The fraction of sp³-hybridized carbons (Fsp3) is 0.185. The van der Waals surface area contributed by atoms with Crippen LogP contribution in [0.2, 0.25) is 10.0 Å². The molecule has 36 heavy (non-hydrogen) atoms. The molecule has 0 N–H and O–H groups in total. The lowest BCUT2D eigenvalue weighted by atomic mass is 10.1. The Balaban J connectivity index is 1.59. The fourth-order valence-electron chi connectivity index (χ4n) is 3.49. The molecule has 0 radical (unpaired) electrons. The van der Waals surface area contributed by atoms with Gasteiger partial charge in [-0.1, -0.05) is 42.3 Å². The number of hydrogen-bond donors (Lipinski definition) is 0. The molecule has 1 amide bonds. The number of thioether (sulfide) groups is 1. The van der Waals surface area contributed by atoms with E-state index in [9.17, 15) is 4.79 Å². The Labute approximate surface area is 233 Å². The van der Waals surface area contributed by atoms with Crippen molar-refractivity contribution in [3.63, 3.8) is 0 Å². The number of hydrogen-bond acceptors (Lipinski definition) is 5. The molecule has 1 heterocycles. The van der Waals surface area contributed by atoms with Crippen molar-refractivity contribution in [2.45, 2.75) is 20.0 Å². The maximum Gasteiger partial charge on any atom is 0.266 e. The molecule has 0 aliphatic carbocycles. The Hall–Kier alpha value is -2.45. The molecule has 0 unspecified atom stereocenters. The van der Waals surface area contributed by atoms with Gasteiger partial charge in [0, 0.05) is 16.6 Å². The van der Waals surface area contributed by atoms with E-state index in [1.165, 1.54) is 11.8 Å². The monoisotopic (exact) mass is 604 g/mol. The molecule has 1 fully saturated rings. The van der Waals surface area contributed by atoms with E-state index in [0.717, 1.165) is 27.7 Å². The first-order valence-corrected chi connectivity index (χ1v) is 13.5. The molecular formula is C27H23BrCl2N2O3S. The molecule has 0 atom stereocenters. The van der Waals surface area contributed by atoms with E-state index >= 15 is 0 Å². The number of aliphatic imine (C=N–C) groups is 1. The fourth-order valence-corrected chi connectivity index (χ4v) is 5.34. The summed E-state index contributed by atoms with van der Waals surface area (Å²) in [6, 6.07) is 18.4. The second kappa shape index (κ2) is 12.2. The van der Waals surface area contributed by atoms with Gasteiger partial charge in [-0.05, 0) is 99.8 Å². The standard InChI is InChI=1S/C27H23BrCl2N2O3S/c1-3-12-32-26(33)24(36-27(32)31-21-10-8-20(30)9-11-21)15-18-13-22(28)25(23(14-18)34-2)35-16-17-4-6-19(29)7-5-17/h4-11,13-15H,3,12,16H2,1-2H3/b24-15-,31-27?. The van der Waals surface area contributed by atoms with E-state index in [4.69, 9.17) is 32.7 Å². The molecule has 3 aromatic carbocycles. The van der Waals surface area contributed by atoms with Crippen molar-refractivity contribution >= 4 is 73.7 Å². The van der Waals surface area contributed by atoms with Gasteiger partial charge < -0.3 is 9.47 Å². The highest BCUT2D eigenvalue weighted by molar-refractivity contribution is 9.10. The number of methoxy groups -OCH3 is 1. The van der Waals surface area contributed by atoms with Crippen molar-refractivity contribution in [1.82, 2.24) is 4.90 Å². The van der Waals surface area contributed by atoms with Gasteiger partial charge in [-0.25, -0.2) is 4.99 Å². The van der Waals surface area contributed by atoms with Crippen LogP contribution in [0.3, 0.4) is 0 Å². The lowest BCUT2D eigenvalue weighted by molar-refractivity contribution is -0.122. The quantitative estimate of drug-likeness (QED) is 0.242. The van der Waals surface area contributed by atoms with E-state index < -0.39 is 0 Å². The molecule has 4 rings (SSSR count). The number of ether oxygens (including phenoxy) is 2. The molecule has 5 nitrogen and oxygen atoms in total. The lowest BCUT2D eigenvalue weighted by Gasteiger charge is -2.14. The van der Waals surface area contributed by atoms with Crippen LogP contribution in [0.25, 0.3) is 6.08 Å². The van der Waals surface area contributed by atoms with Gasteiger partial charge in [0.15, 0.2) is 16.7 Å². The number of halogens is 3. The number of amides is 1. The van der Waals surface area contributed by atoms with Crippen LogP contribution in [-0.2, 0) is 11.4 Å². The largest absolute Gasteiger partial charge is 0.493 e. The van der Waals surface area contributed by atoms with Crippen molar-refractivity contribution in [1.29, 1.82) is 0 Å². The summed E-state index contributed by atoms with van der Waals surface area (Å²) in [7, 11) is 1.59. The smallest absolute Gasteiger partial charge is 0.266 e. The maximum absolute atomic E-state index is 13.2. The summed E-state index contributed by atoms with van der Waals surface area (Å²) < 4.78 is 12.3. The van der Waals surface area contributed by atoms with Gasteiger partial charge in [0.2, 0.25) is 0 Å². The van der Waals surface area contributed by atoms with Gasteiger partial charge in [0.1, 0.15) is 6.61 Å². The van der Waals surface area contributed by atoms with Crippen molar-refractivity contribution in [2.24, 2.45) is 4.99 Å². The molecule has 1 aliphatic rings. The molecular weight excluding hydrogens is 583 g/mol. The Morgan fingerprint density at radius 2 is 1.72 bits per heavy atom. The molecule has 0 spiro atoms. The minimum Gasteiger partial charge on any atom is -0.493 e. The minimum atomic E-state index is -0.0762. The van der Waals surface area contributed by atoms with Gasteiger partial charge in [-0.15, -0.1) is 0 Å². The molecule has 0 aromatic heterocycles. The summed E-state index contributed by atoms with van der Waals surface area (Å²) in [5.74, 6) is 1.06. The predicted octanol–water partition coefficient (Wildman–Crippen LogP) is 8.36. The van der Waals surface area contributed by atoms with Crippen molar-refractivity contribution in [2.75, 3.05) is 13.7 Å². The highest BCUT2D eigenvalue weighted by atomic mass is 79.9. The van der Waals surface area contributed by atoms with Gasteiger partial charge in [0.05, 0.1) is 22.2 Å². The SMILES string of the molecule is CCCN1C(=O)/C(=C/c2cc(Br)c(OCc3ccc(Cl)cc3)c(OC)c2)SC1=Nc1ccc(Cl)cc1. The van der Waals surface area contributed by atoms with E-state index in [1.54, 1.807) is 24.1 Å². The van der Waals surface area contributed by atoms with Crippen LogP contribution in [0.5, 0.6) is 11.5 Å². The third kappa shape index (κ3) is 6.45. The van der Waals surface area contributed by atoms with Crippen LogP contribution < -0.4 is 9.47 Å². The number of amidine groups is 1. The van der Waals surface area contributed by atoms with E-state index in [1.807, 2.05) is 61.5 Å². The van der Waals surface area contributed by atoms with Crippen LogP contribution in [0, 0.1) is 0 Å². The Bertz CT molecular complexity index is 1310. The summed E-state index contributed by atoms with van der Waals surface area (Å²) in [5, 5.41) is 1.96. The number of carbonyl (C=O) groups is 1. The molecule has 186 valence electrons. The number of benzene rings is 3. The van der Waals surface area contributed by atoms with E-state index in [-0.39, 0.29) is 5.91 Å². The Kier molecular flexibility index (Phi) is 9.01. The Morgan fingerprint density at radius 1 is 1.06 bits per heavy atom. The zero-order chi connectivity index (χ0) is 25.7. The topological polar surface area (TPSA) is 51.1 Å². The zero-order valence-corrected chi connectivity index (χ0v) is 23.5. The average molecular weight is 606 g/mol. The molecule has 9 heteroatoms. The molecule has 3 aromatic rings. The summed E-state index contributed by atoms with van der Waals surface area (Å²) in [5.41, 5.74) is 2.53. The summed E-state index contributed by atoms with van der Waals surface area (Å²) in [4.78, 5) is 20.2. The highest BCUT2D eigenvalue weighted by Gasteiger charge is 2.33.